The Bertz CT molecular complexity index is 768. The molecule has 2 rings (SSSR count). The molecule has 3 atom stereocenters. The van der Waals surface area contributed by atoms with Crippen molar-refractivity contribution in [1.29, 1.82) is 0 Å². The SMILES string of the molecule is CCCCC/C=C\C/C=C\CCCCCCCCC1(CCCCCCCC/C=C\C/C=C\CCCCC)O[C@H]2[C@H](CNC)OC[C@H]2O1. The van der Waals surface area contributed by atoms with E-state index < -0.39 is 5.79 Å². The van der Waals surface area contributed by atoms with Crippen molar-refractivity contribution >= 4 is 0 Å². The first-order chi connectivity index (χ1) is 23.2. The van der Waals surface area contributed by atoms with E-state index >= 15 is 0 Å². The van der Waals surface area contributed by atoms with Crippen LogP contribution in [0.3, 0.4) is 0 Å². The molecule has 0 aromatic carbocycles. The fourth-order valence-corrected chi connectivity index (χ4v) is 6.95. The fourth-order valence-electron chi connectivity index (χ4n) is 6.95. The van der Waals surface area contributed by atoms with Crippen LogP contribution in [-0.2, 0) is 14.2 Å². The highest BCUT2D eigenvalue weighted by atomic mass is 16.8. The standard InChI is InChI=1S/C43H77NO3/c1-4-6-8-10-12-14-16-18-20-22-24-26-28-30-32-34-36-43(46-41-39-45-40(38-44-3)42(41)47-43)37-35-33-31-29-27-25-23-21-19-17-15-13-11-9-7-5-2/h12-15,18-21,40-42,44H,4-11,16-17,22-39H2,1-3H3/b14-12-,15-13-,20-18-,21-19-/t40-,41+,42-/m0/s1. The molecule has 47 heavy (non-hydrogen) atoms. The van der Waals surface area contributed by atoms with E-state index in [1.54, 1.807) is 0 Å². The van der Waals surface area contributed by atoms with E-state index in [1.807, 2.05) is 7.05 Å². The topological polar surface area (TPSA) is 39.7 Å². The van der Waals surface area contributed by atoms with E-state index in [2.05, 4.69) is 67.8 Å². The second-order valence-corrected chi connectivity index (χ2v) is 14.2. The van der Waals surface area contributed by atoms with Crippen LogP contribution in [0.4, 0.5) is 0 Å². The molecule has 0 spiro atoms. The van der Waals surface area contributed by atoms with Gasteiger partial charge in [0, 0.05) is 19.4 Å². The third-order valence-electron chi connectivity index (χ3n) is 9.85. The van der Waals surface area contributed by atoms with Crippen molar-refractivity contribution in [3.05, 3.63) is 48.6 Å². The highest BCUT2D eigenvalue weighted by Gasteiger charge is 2.53. The van der Waals surface area contributed by atoms with E-state index in [0.29, 0.717) is 6.61 Å². The first-order valence-electron chi connectivity index (χ1n) is 20.5. The molecule has 4 nitrogen and oxygen atoms in total. The number of hydrogen-bond acceptors (Lipinski definition) is 4. The number of hydrogen-bond donors (Lipinski definition) is 1. The van der Waals surface area contributed by atoms with Crippen LogP contribution in [0.1, 0.15) is 181 Å². The highest BCUT2D eigenvalue weighted by Crippen LogP contribution is 2.42. The third-order valence-corrected chi connectivity index (χ3v) is 9.85. The number of nitrogens with one attached hydrogen (secondary N) is 1. The van der Waals surface area contributed by atoms with E-state index in [1.165, 1.54) is 141 Å². The molecule has 0 saturated carbocycles. The number of fused-ring (bicyclic) bond motifs is 1. The van der Waals surface area contributed by atoms with E-state index in [-0.39, 0.29) is 18.3 Å². The zero-order valence-electron chi connectivity index (χ0n) is 31.4. The van der Waals surface area contributed by atoms with Crippen molar-refractivity contribution in [2.45, 2.75) is 205 Å². The lowest BCUT2D eigenvalue weighted by atomic mass is 9.98. The zero-order valence-corrected chi connectivity index (χ0v) is 31.4. The van der Waals surface area contributed by atoms with E-state index in [4.69, 9.17) is 14.2 Å². The maximum atomic E-state index is 6.77. The van der Waals surface area contributed by atoms with Crippen molar-refractivity contribution < 1.29 is 14.2 Å². The maximum Gasteiger partial charge on any atom is 0.169 e. The van der Waals surface area contributed by atoms with Crippen molar-refractivity contribution in [2.75, 3.05) is 20.2 Å². The Balaban J connectivity index is 1.56. The Morgan fingerprint density at radius 1 is 0.532 bits per heavy atom. The monoisotopic (exact) mass is 656 g/mol. The van der Waals surface area contributed by atoms with Gasteiger partial charge in [0.15, 0.2) is 5.79 Å². The summed E-state index contributed by atoms with van der Waals surface area (Å²) in [5.74, 6) is -0.393. The summed E-state index contributed by atoms with van der Waals surface area (Å²) >= 11 is 0. The molecule has 2 fully saturated rings. The Morgan fingerprint density at radius 2 is 0.957 bits per heavy atom. The molecule has 2 aliphatic rings. The summed E-state index contributed by atoms with van der Waals surface area (Å²) in [6, 6.07) is 0. The molecule has 0 radical (unpaired) electrons. The molecular formula is C43H77NO3. The van der Waals surface area contributed by atoms with Gasteiger partial charge < -0.3 is 19.5 Å². The lowest BCUT2D eigenvalue weighted by molar-refractivity contribution is -0.208. The lowest BCUT2D eigenvalue weighted by Gasteiger charge is -2.30. The minimum atomic E-state index is -0.393. The summed E-state index contributed by atoms with van der Waals surface area (Å²) < 4.78 is 19.5. The van der Waals surface area contributed by atoms with Gasteiger partial charge in [-0.1, -0.05) is 140 Å². The Hall–Kier alpha value is -1.20. The largest absolute Gasteiger partial charge is 0.371 e. The number of ether oxygens (including phenoxy) is 3. The summed E-state index contributed by atoms with van der Waals surface area (Å²) in [6.07, 6.45) is 51.9. The molecule has 0 unspecified atom stereocenters. The molecular weight excluding hydrogens is 578 g/mol. The number of likely N-dealkylation sites (N-methyl/N-ethyl adjacent to an activating group) is 1. The summed E-state index contributed by atoms with van der Waals surface area (Å²) in [5.41, 5.74) is 0. The predicted octanol–water partition coefficient (Wildman–Crippen LogP) is 12.5. The summed E-state index contributed by atoms with van der Waals surface area (Å²) in [4.78, 5) is 0. The van der Waals surface area contributed by atoms with Gasteiger partial charge in [0.2, 0.25) is 0 Å². The maximum absolute atomic E-state index is 6.77. The van der Waals surface area contributed by atoms with Crippen LogP contribution < -0.4 is 5.32 Å². The van der Waals surface area contributed by atoms with E-state index in [0.717, 1.165) is 32.2 Å². The molecule has 272 valence electrons. The first-order valence-corrected chi connectivity index (χ1v) is 20.5. The smallest absolute Gasteiger partial charge is 0.169 e. The number of unbranched alkanes of at least 4 members (excludes halogenated alkanes) is 18. The highest BCUT2D eigenvalue weighted by molar-refractivity contribution is 4.96. The molecule has 0 aromatic heterocycles. The van der Waals surface area contributed by atoms with Gasteiger partial charge in [0.05, 0.1) is 12.7 Å². The van der Waals surface area contributed by atoms with Crippen molar-refractivity contribution in [2.24, 2.45) is 0 Å². The van der Waals surface area contributed by atoms with Gasteiger partial charge in [-0.25, -0.2) is 0 Å². The van der Waals surface area contributed by atoms with Crippen LogP contribution in [-0.4, -0.2) is 44.3 Å². The van der Waals surface area contributed by atoms with Crippen LogP contribution in [0.5, 0.6) is 0 Å². The third kappa shape index (κ3) is 20.8. The molecule has 0 aliphatic carbocycles. The van der Waals surface area contributed by atoms with Gasteiger partial charge in [-0.2, -0.15) is 0 Å². The lowest BCUT2D eigenvalue weighted by Crippen LogP contribution is -2.38. The van der Waals surface area contributed by atoms with Crippen LogP contribution in [0.25, 0.3) is 0 Å². The van der Waals surface area contributed by atoms with E-state index in [9.17, 15) is 0 Å². The zero-order chi connectivity index (χ0) is 33.5. The Morgan fingerprint density at radius 3 is 1.40 bits per heavy atom. The van der Waals surface area contributed by atoms with Crippen molar-refractivity contribution in [3.63, 3.8) is 0 Å². The van der Waals surface area contributed by atoms with Gasteiger partial charge in [-0.3, -0.25) is 0 Å². The van der Waals surface area contributed by atoms with Crippen LogP contribution in [0.15, 0.2) is 48.6 Å². The molecule has 2 aliphatic heterocycles. The van der Waals surface area contributed by atoms with Gasteiger partial charge in [-0.05, 0) is 84.1 Å². The normalized spacial score (nSPS) is 21.0. The van der Waals surface area contributed by atoms with Gasteiger partial charge in [0.25, 0.3) is 0 Å². The first kappa shape index (κ1) is 42.0. The van der Waals surface area contributed by atoms with Crippen molar-refractivity contribution in [3.8, 4) is 0 Å². The van der Waals surface area contributed by atoms with Gasteiger partial charge in [-0.15, -0.1) is 0 Å². The summed E-state index contributed by atoms with van der Waals surface area (Å²) in [7, 11) is 1.99. The molecule has 2 heterocycles. The van der Waals surface area contributed by atoms with Crippen LogP contribution in [0, 0.1) is 0 Å². The second-order valence-electron chi connectivity index (χ2n) is 14.2. The second kappa shape index (κ2) is 29.7. The van der Waals surface area contributed by atoms with Gasteiger partial charge in [0.1, 0.15) is 12.2 Å². The summed E-state index contributed by atoms with van der Waals surface area (Å²) in [6.45, 7) is 6.04. The quantitative estimate of drug-likeness (QED) is 0.0578. The Labute approximate surface area is 292 Å². The van der Waals surface area contributed by atoms with Crippen LogP contribution >= 0.6 is 0 Å². The van der Waals surface area contributed by atoms with Gasteiger partial charge >= 0.3 is 0 Å². The fraction of sp³-hybridized carbons (Fsp3) is 0.814. The average Bonchev–Trinajstić information content (AvgIpc) is 3.62. The number of allylic oxidation sites excluding steroid dienone is 8. The van der Waals surface area contributed by atoms with Crippen LogP contribution in [0.2, 0.25) is 0 Å². The Kier molecular flexibility index (Phi) is 26.5. The molecule has 0 amide bonds. The minimum Gasteiger partial charge on any atom is -0.371 e. The average molecular weight is 656 g/mol. The molecule has 2 saturated heterocycles. The molecule has 0 aromatic rings. The molecule has 0 bridgehead atoms. The minimum absolute atomic E-state index is 0.0802. The predicted molar refractivity (Wildman–Crippen MR) is 204 cm³/mol. The summed E-state index contributed by atoms with van der Waals surface area (Å²) in [5, 5.41) is 3.28. The number of rotatable bonds is 32. The van der Waals surface area contributed by atoms with Crippen molar-refractivity contribution in [1.82, 2.24) is 5.32 Å². The molecule has 4 heteroatoms. The molecule has 1 N–H and O–H groups in total.